The summed E-state index contributed by atoms with van der Waals surface area (Å²) in [5, 5.41) is 3.27. The Balaban J connectivity index is 1.69. The van der Waals surface area contributed by atoms with Crippen LogP contribution in [0.1, 0.15) is 34.5 Å². The zero-order chi connectivity index (χ0) is 21.3. The van der Waals surface area contributed by atoms with Crippen LogP contribution in [0.5, 0.6) is 0 Å². The lowest BCUT2D eigenvalue weighted by atomic mass is 9.95. The molecule has 0 saturated carbocycles. The number of piperidine rings is 1. The molecule has 1 aliphatic rings. The second-order valence-corrected chi connectivity index (χ2v) is 8.23. The molecule has 4 rings (SSSR count). The third kappa shape index (κ3) is 4.00. The van der Waals surface area contributed by atoms with Crippen LogP contribution in [0.15, 0.2) is 41.7 Å². The molecule has 0 radical (unpaired) electrons. The van der Waals surface area contributed by atoms with Gasteiger partial charge in [0, 0.05) is 36.5 Å². The Morgan fingerprint density at radius 1 is 1.20 bits per heavy atom. The smallest absolute Gasteiger partial charge is 0.152 e. The van der Waals surface area contributed by atoms with Crippen molar-refractivity contribution in [3.63, 3.8) is 0 Å². The van der Waals surface area contributed by atoms with E-state index >= 15 is 0 Å². The first-order valence-electron chi connectivity index (χ1n) is 10.5. The average Bonchev–Trinajstić information content (AvgIpc) is 3.11. The van der Waals surface area contributed by atoms with E-state index in [-0.39, 0.29) is 0 Å². The number of aryl methyl sites for hydroxylation is 2. The Morgan fingerprint density at radius 3 is 2.67 bits per heavy atom. The number of hydrogen-bond acceptors (Lipinski definition) is 4. The van der Waals surface area contributed by atoms with Crippen LogP contribution < -0.4 is 5.32 Å². The highest BCUT2D eigenvalue weighted by molar-refractivity contribution is 5.92. The maximum absolute atomic E-state index is 11.9. The van der Waals surface area contributed by atoms with Gasteiger partial charge in [-0.25, -0.2) is 9.98 Å². The summed E-state index contributed by atoms with van der Waals surface area (Å²) in [5.41, 5.74) is 6.46. The molecule has 0 spiro atoms. The van der Waals surface area contributed by atoms with E-state index in [1.807, 2.05) is 42.8 Å². The summed E-state index contributed by atoms with van der Waals surface area (Å²) in [7, 11) is 4.07. The molecule has 1 aliphatic heterocycles. The fraction of sp³-hybridized carbons (Fsp3) is 0.375. The molecule has 3 aromatic rings. The summed E-state index contributed by atoms with van der Waals surface area (Å²) in [6.45, 7) is 6.20. The Kier molecular flexibility index (Phi) is 5.68. The highest BCUT2D eigenvalue weighted by atomic mass is 16.1. The highest BCUT2D eigenvalue weighted by Gasteiger charge is 2.21. The van der Waals surface area contributed by atoms with E-state index in [2.05, 4.69) is 41.4 Å². The van der Waals surface area contributed by atoms with Crippen molar-refractivity contribution in [3.8, 4) is 11.1 Å². The summed E-state index contributed by atoms with van der Waals surface area (Å²) in [4.78, 5) is 23.6. The van der Waals surface area contributed by atoms with Gasteiger partial charge in [-0.3, -0.25) is 4.79 Å². The van der Waals surface area contributed by atoms with Crippen LogP contribution in [0.2, 0.25) is 0 Å². The first-order chi connectivity index (χ1) is 14.5. The molecule has 6 nitrogen and oxygen atoms in total. The number of aromatic nitrogens is 2. The van der Waals surface area contributed by atoms with Gasteiger partial charge in [0.1, 0.15) is 11.5 Å². The van der Waals surface area contributed by atoms with E-state index in [1.54, 1.807) is 0 Å². The maximum atomic E-state index is 11.9. The van der Waals surface area contributed by atoms with Crippen molar-refractivity contribution in [3.05, 3.63) is 53.5 Å². The minimum absolute atomic E-state index is 0.402. The number of hydrogen-bond donors (Lipinski definition) is 1. The lowest BCUT2D eigenvalue weighted by molar-refractivity contribution is 0.112. The molecule has 1 aromatic carbocycles. The second kappa shape index (κ2) is 8.40. The van der Waals surface area contributed by atoms with Crippen molar-refractivity contribution < 1.29 is 4.79 Å². The van der Waals surface area contributed by atoms with Crippen LogP contribution in [0.25, 0.3) is 16.8 Å². The molecule has 30 heavy (non-hydrogen) atoms. The van der Waals surface area contributed by atoms with Crippen LogP contribution in [-0.4, -0.2) is 53.6 Å². The number of nitrogens with one attached hydrogen (secondary N) is 1. The van der Waals surface area contributed by atoms with E-state index in [1.165, 1.54) is 0 Å². The van der Waals surface area contributed by atoms with Crippen LogP contribution in [0.4, 0.5) is 5.69 Å². The van der Waals surface area contributed by atoms with Crippen molar-refractivity contribution in [2.75, 3.05) is 27.2 Å². The first-order valence-corrected chi connectivity index (χ1v) is 10.5. The molecular weight excluding hydrogens is 374 g/mol. The zero-order valence-corrected chi connectivity index (χ0v) is 18.1. The van der Waals surface area contributed by atoms with Crippen molar-refractivity contribution in [1.82, 2.24) is 19.6 Å². The molecule has 1 fully saturated rings. The Labute approximate surface area is 177 Å². The van der Waals surface area contributed by atoms with Gasteiger partial charge in [0.25, 0.3) is 0 Å². The van der Waals surface area contributed by atoms with Gasteiger partial charge in [0.05, 0.1) is 11.4 Å². The van der Waals surface area contributed by atoms with Crippen LogP contribution in [0, 0.1) is 19.8 Å². The van der Waals surface area contributed by atoms with Gasteiger partial charge in [-0.1, -0.05) is 6.07 Å². The minimum Gasteiger partial charge on any atom is -0.376 e. The molecule has 1 N–H and O–H groups in total. The topological polar surface area (TPSA) is 62.0 Å². The summed E-state index contributed by atoms with van der Waals surface area (Å²) in [5.74, 6) is 1.37. The number of nitrogens with zero attached hydrogens (tertiary/aromatic N) is 4. The van der Waals surface area contributed by atoms with Crippen molar-refractivity contribution in [1.29, 1.82) is 0 Å². The molecule has 2 aromatic heterocycles. The zero-order valence-electron chi connectivity index (χ0n) is 18.1. The number of imidazole rings is 1. The van der Waals surface area contributed by atoms with Crippen LogP contribution in [0.3, 0.4) is 0 Å². The standard InChI is InChI=1S/C24H29N5O/c1-16-11-23-26-17(2)13-29(23)14-21(16)19-5-6-22(20(12-19)15-30)27-24(25-3)18-7-9-28(4)10-8-18/h5-6,11-15,18H,7-10H2,1-4H3,(H,25,27). The molecular formula is C24H29N5O. The molecule has 3 heterocycles. The molecule has 0 bridgehead atoms. The van der Waals surface area contributed by atoms with Gasteiger partial charge in [0.15, 0.2) is 6.29 Å². The summed E-state index contributed by atoms with van der Waals surface area (Å²) in [6.07, 6.45) is 7.15. The fourth-order valence-electron chi connectivity index (χ4n) is 4.24. The quantitative estimate of drug-likeness (QED) is 0.406. The third-order valence-electron chi connectivity index (χ3n) is 5.99. The summed E-state index contributed by atoms with van der Waals surface area (Å²) >= 11 is 0. The number of aldehydes is 1. The predicted octanol–water partition coefficient (Wildman–Crippen LogP) is 4.02. The number of carbonyl (C=O) groups is 1. The Bertz CT molecular complexity index is 1110. The number of benzene rings is 1. The number of amidine groups is 1. The SMILES string of the molecule is CN/C(=N\c1ccc(-c2cn3cc(C)nc3cc2C)cc1C=O)C1CCN(C)CC1. The molecule has 0 amide bonds. The van der Waals surface area contributed by atoms with Gasteiger partial charge in [-0.15, -0.1) is 0 Å². The molecule has 156 valence electrons. The third-order valence-corrected chi connectivity index (χ3v) is 5.99. The number of pyridine rings is 1. The van der Waals surface area contributed by atoms with Crippen LogP contribution in [-0.2, 0) is 0 Å². The second-order valence-electron chi connectivity index (χ2n) is 8.23. The molecule has 1 saturated heterocycles. The minimum atomic E-state index is 0.402. The lowest BCUT2D eigenvalue weighted by Gasteiger charge is -2.29. The number of rotatable bonds is 4. The fourth-order valence-corrected chi connectivity index (χ4v) is 4.24. The lowest BCUT2D eigenvalue weighted by Crippen LogP contribution is -2.37. The van der Waals surface area contributed by atoms with E-state index in [9.17, 15) is 4.79 Å². The summed E-state index contributed by atoms with van der Waals surface area (Å²) in [6, 6.07) is 8.01. The molecule has 6 heteroatoms. The first kappa shape index (κ1) is 20.3. The normalized spacial score (nSPS) is 16.2. The monoisotopic (exact) mass is 403 g/mol. The largest absolute Gasteiger partial charge is 0.376 e. The maximum Gasteiger partial charge on any atom is 0.152 e. The van der Waals surface area contributed by atoms with E-state index in [0.717, 1.165) is 66.1 Å². The number of likely N-dealkylation sites (tertiary alicyclic amines) is 1. The molecule has 0 aliphatic carbocycles. The van der Waals surface area contributed by atoms with Crippen LogP contribution >= 0.6 is 0 Å². The highest BCUT2D eigenvalue weighted by Crippen LogP contribution is 2.30. The summed E-state index contributed by atoms with van der Waals surface area (Å²) < 4.78 is 2.03. The Hall–Kier alpha value is -2.99. The number of carbonyl (C=O) groups excluding carboxylic acids is 1. The van der Waals surface area contributed by atoms with E-state index in [4.69, 9.17) is 4.99 Å². The molecule has 0 unspecified atom stereocenters. The van der Waals surface area contributed by atoms with Crippen molar-refractivity contribution in [2.24, 2.45) is 10.9 Å². The Morgan fingerprint density at radius 2 is 1.97 bits per heavy atom. The van der Waals surface area contributed by atoms with Crippen molar-refractivity contribution >= 4 is 23.5 Å². The van der Waals surface area contributed by atoms with Gasteiger partial charge in [-0.2, -0.15) is 0 Å². The molecule has 0 atom stereocenters. The van der Waals surface area contributed by atoms with Crippen molar-refractivity contribution in [2.45, 2.75) is 26.7 Å². The van der Waals surface area contributed by atoms with Gasteiger partial charge >= 0.3 is 0 Å². The van der Waals surface area contributed by atoms with E-state index in [0.29, 0.717) is 17.2 Å². The number of fused-ring (bicyclic) bond motifs is 1. The predicted molar refractivity (Wildman–Crippen MR) is 122 cm³/mol. The van der Waals surface area contributed by atoms with E-state index < -0.39 is 0 Å². The average molecular weight is 404 g/mol. The van der Waals surface area contributed by atoms with Gasteiger partial charge < -0.3 is 14.6 Å². The van der Waals surface area contributed by atoms with Gasteiger partial charge in [-0.05, 0) is 76.2 Å². The van der Waals surface area contributed by atoms with Gasteiger partial charge in [0.2, 0.25) is 0 Å². The number of aliphatic imine (C=N–C) groups is 1.